The Morgan fingerprint density at radius 1 is 1.27 bits per heavy atom. The van der Waals surface area contributed by atoms with Gasteiger partial charge in [0.25, 0.3) is 0 Å². The fourth-order valence-electron chi connectivity index (χ4n) is 4.52. The lowest BCUT2D eigenvalue weighted by Crippen LogP contribution is -2.31. The Kier molecular flexibility index (Phi) is 3.83. The van der Waals surface area contributed by atoms with Crippen molar-refractivity contribution >= 4 is 17.0 Å². The number of hydrogen-bond acceptors (Lipinski definition) is 5. The van der Waals surface area contributed by atoms with Crippen LogP contribution in [-0.4, -0.2) is 39.8 Å². The predicted molar refractivity (Wildman–Crippen MR) is 100 cm³/mol. The van der Waals surface area contributed by atoms with E-state index in [4.69, 9.17) is 5.73 Å². The van der Waals surface area contributed by atoms with Crippen LogP contribution in [0.1, 0.15) is 16.1 Å². The van der Waals surface area contributed by atoms with Gasteiger partial charge >= 0.3 is 5.97 Å². The summed E-state index contributed by atoms with van der Waals surface area (Å²) in [6, 6.07) is 3.29. The predicted octanol–water partition coefficient (Wildman–Crippen LogP) is 1.30. The van der Waals surface area contributed by atoms with Gasteiger partial charge in [-0.25, -0.2) is 22.9 Å². The average Bonchev–Trinajstić information content (AvgIpc) is 3.04. The fraction of sp³-hybridized carbons (Fsp3) is 0.250. The van der Waals surface area contributed by atoms with Crippen LogP contribution in [0.3, 0.4) is 0 Å². The summed E-state index contributed by atoms with van der Waals surface area (Å²) in [5, 5.41) is 12.2. The molecule has 1 aromatic carbocycles. The van der Waals surface area contributed by atoms with Crippen LogP contribution in [0.2, 0.25) is 0 Å². The van der Waals surface area contributed by atoms with E-state index in [0.29, 0.717) is 19.2 Å². The van der Waals surface area contributed by atoms with E-state index in [9.17, 15) is 23.5 Å². The highest BCUT2D eigenvalue weighted by Crippen LogP contribution is 2.55. The Labute approximate surface area is 167 Å². The van der Waals surface area contributed by atoms with E-state index < -0.39 is 39.8 Å². The minimum atomic E-state index is -1.56. The van der Waals surface area contributed by atoms with Crippen LogP contribution < -0.4 is 16.5 Å². The molecular formula is C20H15F3N4O3. The molecule has 0 radical (unpaired) electrons. The summed E-state index contributed by atoms with van der Waals surface area (Å²) in [7, 11) is 0. The number of carboxylic acid groups (broad SMARTS) is 1. The molecule has 2 fully saturated rings. The highest BCUT2D eigenvalue weighted by molar-refractivity contribution is 5.92. The molecule has 1 aliphatic heterocycles. The van der Waals surface area contributed by atoms with Gasteiger partial charge in [0.2, 0.25) is 5.43 Å². The van der Waals surface area contributed by atoms with Crippen molar-refractivity contribution in [3.8, 4) is 5.69 Å². The van der Waals surface area contributed by atoms with Crippen molar-refractivity contribution in [1.29, 1.82) is 0 Å². The van der Waals surface area contributed by atoms with Crippen LogP contribution >= 0.6 is 0 Å². The summed E-state index contributed by atoms with van der Waals surface area (Å²) >= 11 is 0. The lowest BCUT2D eigenvalue weighted by Gasteiger charge is -2.18. The summed E-state index contributed by atoms with van der Waals surface area (Å²) in [5.74, 6) is -4.20. The van der Waals surface area contributed by atoms with Gasteiger partial charge in [0.15, 0.2) is 0 Å². The molecule has 0 amide bonds. The second-order valence-electron chi connectivity index (χ2n) is 7.64. The number of aromatic carboxylic acids is 1. The van der Waals surface area contributed by atoms with Gasteiger partial charge in [0.1, 0.15) is 28.7 Å². The maximum atomic E-state index is 15.0. The molecule has 7 nitrogen and oxygen atoms in total. The Morgan fingerprint density at radius 3 is 2.67 bits per heavy atom. The van der Waals surface area contributed by atoms with Crippen LogP contribution in [0, 0.1) is 23.4 Å². The first kappa shape index (κ1) is 18.8. The maximum Gasteiger partial charge on any atom is 0.341 e. The number of carboxylic acids is 1. The monoisotopic (exact) mass is 416 g/mol. The number of nitrogens with two attached hydrogens (primary N) is 1. The van der Waals surface area contributed by atoms with E-state index in [0.717, 1.165) is 29.0 Å². The largest absolute Gasteiger partial charge is 0.477 e. The summed E-state index contributed by atoms with van der Waals surface area (Å²) in [6.07, 6.45) is 0.910. The Balaban J connectivity index is 1.86. The average molecular weight is 416 g/mol. The quantitative estimate of drug-likeness (QED) is 0.594. The van der Waals surface area contributed by atoms with Crippen LogP contribution in [-0.2, 0) is 5.41 Å². The summed E-state index contributed by atoms with van der Waals surface area (Å²) in [6.45, 7) is 0.994. The van der Waals surface area contributed by atoms with E-state index in [1.807, 2.05) is 0 Å². The maximum absolute atomic E-state index is 15.0. The molecule has 3 unspecified atom stereocenters. The number of aromatic nitrogens is 2. The van der Waals surface area contributed by atoms with Gasteiger partial charge in [-0.1, -0.05) is 0 Å². The Bertz CT molecular complexity index is 1310. The molecule has 3 atom stereocenters. The molecule has 0 bridgehead atoms. The minimum absolute atomic E-state index is 0.0297. The second kappa shape index (κ2) is 6.13. The van der Waals surface area contributed by atoms with Crippen molar-refractivity contribution in [3.63, 3.8) is 0 Å². The number of carbonyl (C=O) groups is 1. The molecule has 3 aromatic rings. The molecule has 30 heavy (non-hydrogen) atoms. The lowest BCUT2D eigenvalue weighted by atomic mass is 9.98. The molecular weight excluding hydrogens is 401 g/mol. The van der Waals surface area contributed by atoms with Crippen LogP contribution in [0.4, 0.5) is 13.2 Å². The summed E-state index contributed by atoms with van der Waals surface area (Å²) in [4.78, 5) is 28.5. The molecule has 5 rings (SSSR count). The van der Waals surface area contributed by atoms with E-state index in [2.05, 4.69) is 10.3 Å². The number of hydrogen-bond donors (Lipinski definition) is 3. The standard InChI is InChI=1S/C20H15F3N4O3/c21-8-1-2-14(12(22)3-8)27-6-10(19(29)30)15(28)9-4-13(23)17(26-18(9)27)20-7-25-5-11(20)16(20)24/h1-4,6,11,16,25H,5,7,24H2,(H,29,30). The number of piperidine rings is 1. The first-order chi connectivity index (χ1) is 14.3. The van der Waals surface area contributed by atoms with Crippen LogP contribution in [0.15, 0.2) is 35.3 Å². The number of fused-ring (bicyclic) bond motifs is 2. The smallest absolute Gasteiger partial charge is 0.341 e. The van der Waals surface area contributed by atoms with Crippen LogP contribution in [0.5, 0.6) is 0 Å². The van der Waals surface area contributed by atoms with Gasteiger partial charge in [-0.05, 0) is 18.2 Å². The molecule has 10 heteroatoms. The SMILES string of the molecule is NC1C2CNCC12c1nc2c(cc1F)c(=O)c(C(=O)O)cn2-c1ccc(F)cc1F. The van der Waals surface area contributed by atoms with E-state index >= 15 is 4.39 Å². The first-order valence-electron chi connectivity index (χ1n) is 9.17. The van der Waals surface area contributed by atoms with Gasteiger partial charge in [-0.2, -0.15) is 0 Å². The molecule has 1 saturated carbocycles. The zero-order valence-corrected chi connectivity index (χ0v) is 15.3. The molecule has 1 aliphatic carbocycles. The Morgan fingerprint density at radius 2 is 2.03 bits per heavy atom. The zero-order chi connectivity index (χ0) is 21.4. The van der Waals surface area contributed by atoms with E-state index in [1.54, 1.807) is 0 Å². The molecule has 2 aromatic heterocycles. The third kappa shape index (κ3) is 2.37. The number of pyridine rings is 2. The lowest BCUT2D eigenvalue weighted by molar-refractivity contribution is 0.0695. The van der Waals surface area contributed by atoms with Gasteiger partial charge < -0.3 is 16.2 Å². The molecule has 1 saturated heterocycles. The molecule has 0 spiro atoms. The van der Waals surface area contributed by atoms with E-state index in [1.165, 1.54) is 0 Å². The van der Waals surface area contributed by atoms with Gasteiger partial charge in [0.05, 0.1) is 16.8 Å². The highest BCUT2D eigenvalue weighted by atomic mass is 19.1. The van der Waals surface area contributed by atoms with Gasteiger partial charge in [-0.3, -0.25) is 9.36 Å². The second-order valence-corrected chi connectivity index (χ2v) is 7.64. The van der Waals surface area contributed by atoms with E-state index in [-0.39, 0.29) is 34.4 Å². The number of halogens is 3. The molecule has 4 N–H and O–H groups in total. The normalized spacial score (nSPS) is 24.8. The number of rotatable bonds is 3. The summed E-state index contributed by atoms with van der Waals surface area (Å²) < 4.78 is 44.0. The molecule has 2 aliphatic rings. The molecule has 154 valence electrons. The minimum Gasteiger partial charge on any atom is -0.477 e. The number of nitrogens with one attached hydrogen (secondary N) is 1. The van der Waals surface area contributed by atoms with Crippen molar-refractivity contribution in [1.82, 2.24) is 14.9 Å². The van der Waals surface area contributed by atoms with Crippen LogP contribution in [0.25, 0.3) is 16.7 Å². The Hall–Kier alpha value is -3.24. The van der Waals surface area contributed by atoms with Gasteiger partial charge in [-0.15, -0.1) is 0 Å². The third-order valence-electron chi connectivity index (χ3n) is 6.13. The number of nitrogens with zero attached hydrogens (tertiary/aromatic N) is 2. The van der Waals surface area contributed by atoms with Crippen molar-refractivity contribution in [2.45, 2.75) is 11.5 Å². The fourth-order valence-corrected chi connectivity index (χ4v) is 4.52. The van der Waals surface area contributed by atoms with Crippen molar-refractivity contribution < 1.29 is 23.1 Å². The van der Waals surface area contributed by atoms with Crippen molar-refractivity contribution in [3.05, 3.63) is 69.4 Å². The highest BCUT2D eigenvalue weighted by Gasteiger charge is 2.68. The number of benzene rings is 1. The first-order valence-corrected chi connectivity index (χ1v) is 9.17. The molecule has 3 heterocycles. The van der Waals surface area contributed by atoms with Crippen molar-refractivity contribution in [2.75, 3.05) is 13.1 Å². The van der Waals surface area contributed by atoms with Gasteiger partial charge in [0, 0.05) is 42.7 Å². The zero-order valence-electron chi connectivity index (χ0n) is 15.3. The third-order valence-corrected chi connectivity index (χ3v) is 6.13. The topological polar surface area (TPSA) is 110 Å². The summed E-state index contributed by atoms with van der Waals surface area (Å²) in [5.41, 5.74) is 3.43. The van der Waals surface area contributed by atoms with Crippen molar-refractivity contribution in [2.24, 2.45) is 11.7 Å².